The topological polar surface area (TPSA) is 97.0 Å². The number of anilines is 1. The lowest BCUT2D eigenvalue weighted by Gasteiger charge is -2.27. The van der Waals surface area contributed by atoms with E-state index in [1.807, 2.05) is 44.2 Å². The monoisotopic (exact) mass is 495 g/mol. The van der Waals surface area contributed by atoms with E-state index in [1.165, 1.54) is 11.0 Å². The number of fused-ring (bicyclic) bond motifs is 1. The minimum atomic E-state index is -0.935. The van der Waals surface area contributed by atoms with Crippen LogP contribution in [0.1, 0.15) is 51.4 Å². The van der Waals surface area contributed by atoms with Gasteiger partial charge in [0, 0.05) is 11.1 Å². The second-order valence-electron chi connectivity index (χ2n) is 8.92. The van der Waals surface area contributed by atoms with Gasteiger partial charge in [0.15, 0.2) is 11.5 Å². The number of ether oxygens (including phenoxy) is 1. The summed E-state index contributed by atoms with van der Waals surface area (Å²) in [5, 5.41) is 11.8. The Hall–Kier alpha value is -4.65. The number of benzene rings is 3. The number of aliphatic hydroxyl groups is 1. The van der Waals surface area contributed by atoms with Crippen LogP contribution >= 0.6 is 0 Å². The number of aryl methyl sites for hydroxylation is 1. The van der Waals surface area contributed by atoms with Crippen molar-refractivity contribution < 1.29 is 28.6 Å². The van der Waals surface area contributed by atoms with Crippen LogP contribution in [0.3, 0.4) is 0 Å². The molecule has 4 aromatic rings. The molecule has 0 saturated heterocycles. The molecule has 0 aliphatic carbocycles. The Kier molecular flexibility index (Phi) is 6.36. The van der Waals surface area contributed by atoms with Gasteiger partial charge in [-0.1, -0.05) is 61.0 Å². The van der Waals surface area contributed by atoms with E-state index in [0.717, 1.165) is 10.9 Å². The van der Waals surface area contributed by atoms with Crippen LogP contribution in [0.5, 0.6) is 0 Å². The molecule has 7 heteroatoms. The average molecular weight is 496 g/mol. The number of nitrogens with zero attached hydrogens (tertiary/aromatic N) is 1. The van der Waals surface area contributed by atoms with Crippen molar-refractivity contribution in [3.8, 4) is 0 Å². The van der Waals surface area contributed by atoms with Gasteiger partial charge in [0.25, 0.3) is 5.91 Å². The molecule has 3 aromatic carbocycles. The van der Waals surface area contributed by atoms with Crippen LogP contribution in [0.2, 0.25) is 0 Å². The molecule has 0 spiro atoms. The van der Waals surface area contributed by atoms with Crippen LogP contribution in [0, 0.1) is 6.92 Å². The van der Waals surface area contributed by atoms with Crippen molar-refractivity contribution in [2.24, 2.45) is 0 Å². The highest BCUT2D eigenvalue weighted by Gasteiger charge is 2.45. The fraction of sp³-hybridized carbons (Fsp3) is 0.167. The molecule has 5 rings (SSSR count). The molecule has 1 atom stereocenters. The summed E-state index contributed by atoms with van der Waals surface area (Å²) in [5.41, 5.74) is 2.60. The van der Waals surface area contributed by atoms with Gasteiger partial charge in [-0.05, 0) is 49.2 Å². The maximum Gasteiger partial charge on any atom is 0.338 e. The van der Waals surface area contributed by atoms with Gasteiger partial charge < -0.3 is 14.3 Å². The first-order chi connectivity index (χ1) is 17.9. The van der Waals surface area contributed by atoms with E-state index < -0.39 is 29.5 Å². The lowest BCUT2D eigenvalue weighted by molar-refractivity contribution is -0.117. The number of ketones is 1. The third-order valence-electron chi connectivity index (χ3n) is 6.26. The summed E-state index contributed by atoms with van der Waals surface area (Å²) in [5.74, 6) is -2.49. The number of para-hydroxylation sites is 1. The molecule has 1 aliphatic heterocycles. The maximum absolute atomic E-state index is 13.7. The van der Waals surface area contributed by atoms with Crippen molar-refractivity contribution in [1.82, 2.24) is 0 Å². The summed E-state index contributed by atoms with van der Waals surface area (Å²) in [6.07, 6.45) is 0.677. The van der Waals surface area contributed by atoms with Crippen molar-refractivity contribution in [1.29, 1.82) is 0 Å². The Labute approximate surface area is 213 Å². The SMILES string of the molecule is CCCOC(=O)c1cccc(N2C(=O)C(O)=C(C(=O)c3cc4ccccc4o3)C2c2cccc(C)c2)c1. The summed E-state index contributed by atoms with van der Waals surface area (Å²) in [7, 11) is 0. The highest BCUT2D eigenvalue weighted by Crippen LogP contribution is 2.42. The zero-order chi connectivity index (χ0) is 26.1. The molecule has 1 unspecified atom stereocenters. The smallest absolute Gasteiger partial charge is 0.338 e. The van der Waals surface area contributed by atoms with Crippen LogP contribution in [-0.2, 0) is 9.53 Å². The molecule has 7 nitrogen and oxygen atoms in total. The number of esters is 1. The predicted molar refractivity (Wildman–Crippen MR) is 139 cm³/mol. The number of amides is 1. The summed E-state index contributed by atoms with van der Waals surface area (Å²) >= 11 is 0. The van der Waals surface area contributed by atoms with Gasteiger partial charge >= 0.3 is 5.97 Å². The Morgan fingerprint density at radius 1 is 1.00 bits per heavy atom. The van der Waals surface area contributed by atoms with Crippen molar-refractivity contribution in [3.05, 3.63) is 113 Å². The van der Waals surface area contributed by atoms with Crippen molar-refractivity contribution in [2.75, 3.05) is 11.5 Å². The Balaban J connectivity index is 1.61. The first-order valence-electron chi connectivity index (χ1n) is 12.0. The Morgan fingerprint density at radius 2 is 1.78 bits per heavy atom. The minimum absolute atomic E-state index is 0.0203. The molecule has 1 aliphatic rings. The molecular formula is C30H25NO6. The zero-order valence-electron chi connectivity index (χ0n) is 20.4. The average Bonchev–Trinajstić information content (AvgIpc) is 3.46. The van der Waals surface area contributed by atoms with Crippen LogP contribution in [0.25, 0.3) is 11.0 Å². The van der Waals surface area contributed by atoms with Gasteiger partial charge in [-0.15, -0.1) is 0 Å². The van der Waals surface area contributed by atoms with Crippen LogP contribution in [0.4, 0.5) is 5.69 Å². The third-order valence-corrected chi connectivity index (χ3v) is 6.26. The fourth-order valence-corrected chi connectivity index (χ4v) is 4.55. The lowest BCUT2D eigenvalue weighted by Crippen LogP contribution is -2.31. The van der Waals surface area contributed by atoms with Gasteiger partial charge in [-0.25, -0.2) is 4.79 Å². The Bertz CT molecular complexity index is 1530. The van der Waals surface area contributed by atoms with E-state index in [9.17, 15) is 19.5 Å². The number of carbonyl (C=O) groups excluding carboxylic acids is 3. The quantitative estimate of drug-likeness (QED) is 0.246. The number of carbonyl (C=O) groups is 3. The highest BCUT2D eigenvalue weighted by molar-refractivity contribution is 6.20. The lowest BCUT2D eigenvalue weighted by atomic mass is 9.93. The largest absolute Gasteiger partial charge is 0.503 e. The van der Waals surface area contributed by atoms with E-state index in [1.54, 1.807) is 42.5 Å². The normalized spacial score (nSPS) is 15.5. The van der Waals surface area contributed by atoms with Crippen molar-refractivity contribution in [3.63, 3.8) is 0 Å². The van der Waals surface area contributed by atoms with Crippen molar-refractivity contribution in [2.45, 2.75) is 26.3 Å². The summed E-state index contributed by atoms with van der Waals surface area (Å²) < 4.78 is 11.0. The minimum Gasteiger partial charge on any atom is -0.503 e. The second-order valence-corrected chi connectivity index (χ2v) is 8.92. The fourth-order valence-electron chi connectivity index (χ4n) is 4.55. The molecule has 0 saturated carbocycles. The number of Topliss-reactive ketones (excluding diaryl/α,β-unsaturated/α-hetero) is 1. The molecule has 1 N–H and O–H groups in total. The van der Waals surface area contributed by atoms with Crippen LogP contribution in [-0.4, -0.2) is 29.4 Å². The molecule has 2 heterocycles. The second kappa shape index (κ2) is 9.78. The van der Waals surface area contributed by atoms with Crippen LogP contribution in [0.15, 0.2) is 94.6 Å². The molecule has 0 fully saturated rings. The molecule has 186 valence electrons. The summed E-state index contributed by atoms with van der Waals surface area (Å²) in [4.78, 5) is 41.0. The number of rotatable bonds is 7. The Morgan fingerprint density at radius 3 is 2.54 bits per heavy atom. The number of furan rings is 1. The molecule has 0 bridgehead atoms. The summed E-state index contributed by atoms with van der Waals surface area (Å²) in [6, 6.07) is 21.6. The zero-order valence-corrected chi connectivity index (χ0v) is 20.4. The van der Waals surface area contributed by atoms with Crippen molar-refractivity contribution >= 4 is 34.3 Å². The van der Waals surface area contributed by atoms with E-state index in [4.69, 9.17) is 9.15 Å². The predicted octanol–water partition coefficient (Wildman–Crippen LogP) is 6.09. The van der Waals surface area contributed by atoms with E-state index in [2.05, 4.69) is 0 Å². The van der Waals surface area contributed by atoms with E-state index >= 15 is 0 Å². The van der Waals surface area contributed by atoms with Gasteiger partial charge in [-0.3, -0.25) is 14.5 Å². The van der Waals surface area contributed by atoms with Gasteiger partial charge in [0.2, 0.25) is 5.78 Å². The molecule has 0 radical (unpaired) electrons. The number of hydrogen-bond acceptors (Lipinski definition) is 6. The number of aliphatic hydroxyl groups excluding tert-OH is 1. The molecular weight excluding hydrogens is 470 g/mol. The molecule has 37 heavy (non-hydrogen) atoms. The van der Waals surface area contributed by atoms with Gasteiger partial charge in [0.05, 0.1) is 23.8 Å². The van der Waals surface area contributed by atoms with E-state index in [0.29, 0.717) is 23.3 Å². The van der Waals surface area contributed by atoms with E-state index in [-0.39, 0.29) is 23.5 Å². The molecule has 1 aromatic heterocycles. The highest BCUT2D eigenvalue weighted by atomic mass is 16.5. The van der Waals surface area contributed by atoms with Crippen LogP contribution < -0.4 is 4.90 Å². The first-order valence-corrected chi connectivity index (χ1v) is 12.0. The summed E-state index contributed by atoms with van der Waals surface area (Å²) in [6.45, 7) is 4.07. The molecule has 1 amide bonds. The maximum atomic E-state index is 13.7. The third kappa shape index (κ3) is 4.40. The first kappa shape index (κ1) is 24.1. The van der Waals surface area contributed by atoms with Gasteiger partial charge in [0.1, 0.15) is 5.58 Å². The standard InChI is InChI=1S/C30H25NO6/c1-3-14-36-30(35)21-11-7-12-22(16-21)31-26(20-10-6-8-18(2)15-20)25(28(33)29(31)34)27(32)24-17-19-9-4-5-13-23(19)37-24/h4-13,15-17,26,33H,3,14H2,1-2H3. The number of hydrogen-bond donors (Lipinski definition) is 1. The van der Waals surface area contributed by atoms with Gasteiger partial charge in [-0.2, -0.15) is 0 Å².